The molecule has 0 unspecified atom stereocenters. The van der Waals surface area contributed by atoms with Crippen LogP contribution < -0.4 is 5.32 Å². The van der Waals surface area contributed by atoms with Crippen molar-refractivity contribution >= 4 is 41.4 Å². The zero-order valence-electron chi connectivity index (χ0n) is 18.6. The number of carboxylic acids is 1. The van der Waals surface area contributed by atoms with Gasteiger partial charge in [-0.1, -0.05) is 56.3 Å². The van der Waals surface area contributed by atoms with Crippen LogP contribution in [0.5, 0.6) is 0 Å². The Balaban J connectivity index is 2.20. The molecular weight excluding hydrogens is 444 g/mol. The smallest absolute Gasteiger partial charge is 0.327 e. The summed E-state index contributed by atoms with van der Waals surface area (Å²) in [6.45, 7) is 4.29. The fourth-order valence-electron chi connectivity index (χ4n) is 2.92. The largest absolute Gasteiger partial charge is 0.480 e. The van der Waals surface area contributed by atoms with E-state index in [1.54, 1.807) is 18.2 Å². The van der Waals surface area contributed by atoms with E-state index >= 15 is 0 Å². The van der Waals surface area contributed by atoms with E-state index in [1.165, 1.54) is 23.5 Å². The Labute approximate surface area is 198 Å². The van der Waals surface area contributed by atoms with E-state index < -0.39 is 23.9 Å². The molecule has 0 spiro atoms. The quantitative estimate of drug-likeness (QED) is 0.490. The lowest BCUT2D eigenvalue weighted by Crippen LogP contribution is -2.51. The highest BCUT2D eigenvalue weighted by Crippen LogP contribution is 2.21. The first-order valence-corrected chi connectivity index (χ1v) is 13.0. The van der Waals surface area contributed by atoms with Crippen LogP contribution in [0, 0.1) is 5.92 Å². The van der Waals surface area contributed by atoms with Gasteiger partial charge in [-0.15, -0.1) is 0 Å². The predicted octanol–water partition coefficient (Wildman–Crippen LogP) is 4.71. The average Bonchev–Trinajstić information content (AvgIpc) is 2.78. The molecule has 0 heterocycles. The van der Waals surface area contributed by atoms with E-state index in [-0.39, 0.29) is 12.3 Å². The monoisotopic (exact) mass is 474 g/mol. The number of nitrogens with one attached hydrogen (secondary N) is 1. The third-order valence-corrected chi connectivity index (χ3v) is 6.62. The van der Waals surface area contributed by atoms with Gasteiger partial charge < -0.3 is 10.4 Å². The molecule has 0 aliphatic rings. The number of rotatable bonds is 11. The standard InChI is InChI=1S/C24H30N2O4S2/c1-17(2)15-32-16-21(23(28)29)25-24(30)26(12-13-31-3)22(27)20-11-7-10-19(14-20)18-8-5-4-6-9-18/h4-11,14,17,21H,12-13,15-16H2,1-3H3,(H,25,30)(H,28,29)/t21-/m0/s1. The van der Waals surface area contributed by atoms with Gasteiger partial charge in [0.25, 0.3) is 5.91 Å². The number of carboxylic acid groups (broad SMARTS) is 1. The molecule has 2 N–H and O–H groups in total. The molecule has 8 heteroatoms. The molecule has 0 saturated heterocycles. The summed E-state index contributed by atoms with van der Waals surface area (Å²) in [6.07, 6.45) is 1.89. The van der Waals surface area contributed by atoms with Gasteiger partial charge in [0.2, 0.25) is 0 Å². The van der Waals surface area contributed by atoms with Crippen LogP contribution in [0.3, 0.4) is 0 Å². The molecule has 6 nitrogen and oxygen atoms in total. The number of imide groups is 1. The van der Waals surface area contributed by atoms with Crippen LogP contribution in [0.4, 0.5) is 4.79 Å². The molecule has 3 amide bonds. The van der Waals surface area contributed by atoms with E-state index in [4.69, 9.17) is 0 Å². The normalized spacial score (nSPS) is 11.8. The molecule has 2 aromatic carbocycles. The molecule has 2 rings (SSSR count). The van der Waals surface area contributed by atoms with Gasteiger partial charge in [0.15, 0.2) is 0 Å². The van der Waals surface area contributed by atoms with Crippen molar-refractivity contribution in [2.24, 2.45) is 5.92 Å². The summed E-state index contributed by atoms with van der Waals surface area (Å²) in [5.74, 6) is 0.444. The van der Waals surface area contributed by atoms with Crippen LogP contribution in [0.2, 0.25) is 0 Å². The number of carbonyl (C=O) groups excluding carboxylic acids is 2. The second-order valence-corrected chi connectivity index (χ2v) is 9.73. The molecule has 0 fully saturated rings. The molecule has 0 aliphatic carbocycles. The van der Waals surface area contributed by atoms with Gasteiger partial charge in [-0.25, -0.2) is 9.59 Å². The number of carbonyl (C=O) groups is 3. The predicted molar refractivity (Wildman–Crippen MR) is 133 cm³/mol. The fourth-order valence-corrected chi connectivity index (χ4v) is 4.35. The summed E-state index contributed by atoms with van der Waals surface area (Å²) in [5, 5.41) is 12.1. The lowest BCUT2D eigenvalue weighted by atomic mass is 10.0. The van der Waals surface area contributed by atoms with Gasteiger partial charge in [0, 0.05) is 23.6 Å². The van der Waals surface area contributed by atoms with Crippen molar-refractivity contribution in [3.05, 3.63) is 60.2 Å². The summed E-state index contributed by atoms with van der Waals surface area (Å²) in [6, 6.07) is 15.0. The maximum atomic E-state index is 13.2. The topological polar surface area (TPSA) is 86.7 Å². The minimum Gasteiger partial charge on any atom is -0.480 e. The molecule has 0 bridgehead atoms. The zero-order valence-corrected chi connectivity index (χ0v) is 20.2. The minimum absolute atomic E-state index is 0.187. The van der Waals surface area contributed by atoms with Gasteiger partial charge in [-0.2, -0.15) is 23.5 Å². The fraction of sp³-hybridized carbons (Fsp3) is 0.375. The second-order valence-electron chi connectivity index (χ2n) is 7.67. The molecule has 2 aromatic rings. The van der Waals surface area contributed by atoms with Gasteiger partial charge >= 0.3 is 12.0 Å². The van der Waals surface area contributed by atoms with Crippen LogP contribution in [-0.4, -0.2) is 64.0 Å². The number of amides is 3. The van der Waals surface area contributed by atoms with E-state index in [0.717, 1.165) is 21.8 Å². The number of urea groups is 1. The molecule has 0 aliphatic heterocycles. The Morgan fingerprint density at radius 1 is 1.00 bits per heavy atom. The van der Waals surface area contributed by atoms with E-state index in [0.29, 0.717) is 17.2 Å². The molecule has 0 saturated carbocycles. The van der Waals surface area contributed by atoms with Crippen molar-refractivity contribution in [2.75, 3.05) is 30.1 Å². The third kappa shape index (κ3) is 7.91. The molecule has 0 radical (unpaired) electrons. The van der Waals surface area contributed by atoms with Gasteiger partial charge in [0.1, 0.15) is 6.04 Å². The summed E-state index contributed by atoms with van der Waals surface area (Å²) in [5.41, 5.74) is 2.22. The highest BCUT2D eigenvalue weighted by atomic mass is 32.2. The SMILES string of the molecule is CSCCN(C(=O)N[C@@H](CSCC(C)C)C(=O)O)C(=O)c1cccc(-c2ccccc2)c1. The maximum Gasteiger partial charge on any atom is 0.327 e. The highest BCUT2D eigenvalue weighted by molar-refractivity contribution is 7.99. The first kappa shape index (κ1) is 25.8. The van der Waals surface area contributed by atoms with Gasteiger partial charge in [-0.3, -0.25) is 9.69 Å². The number of thioether (sulfide) groups is 2. The van der Waals surface area contributed by atoms with E-state index in [9.17, 15) is 19.5 Å². The Hall–Kier alpha value is -2.45. The van der Waals surface area contributed by atoms with Crippen LogP contribution >= 0.6 is 23.5 Å². The Morgan fingerprint density at radius 3 is 2.31 bits per heavy atom. The van der Waals surface area contributed by atoms with E-state index in [2.05, 4.69) is 5.32 Å². The number of benzene rings is 2. The van der Waals surface area contributed by atoms with Crippen molar-refractivity contribution in [2.45, 2.75) is 19.9 Å². The summed E-state index contributed by atoms with van der Waals surface area (Å²) < 4.78 is 0. The van der Waals surface area contributed by atoms with Crippen LogP contribution in [-0.2, 0) is 4.79 Å². The van der Waals surface area contributed by atoms with Crippen molar-refractivity contribution in [3.63, 3.8) is 0 Å². The summed E-state index contributed by atoms with van der Waals surface area (Å²) in [7, 11) is 0. The van der Waals surface area contributed by atoms with Gasteiger partial charge in [-0.05, 0) is 41.2 Å². The molecule has 172 valence electrons. The first-order chi connectivity index (χ1) is 15.3. The van der Waals surface area contributed by atoms with Crippen molar-refractivity contribution < 1.29 is 19.5 Å². The second kappa shape index (κ2) is 13.2. The number of aliphatic carboxylic acids is 1. The Kier molecular flexibility index (Phi) is 10.6. The molecule has 32 heavy (non-hydrogen) atoms. The van der Waals surface area contributed by atoms with Crippen molar-refractivity contribution in [3.8, 4) is 11.1 Å². The van der Waals surface area contributed by atoms with Crippen molar-refractivity contribution in [1.82, 2.24) is 10.2 Å². The highest BCUT2D eigenvalue weighted by Gasteiger charge is 2.27. The lowest BCUT2D eigenvalue weighted by Gasteiger charge is -2.24. The third-order valence-electron chi connectivity index (χ3n) is 4.56. The van der Waals surface area contributed by atoms with Crippen LogP contribution in [0.15, 0.2) is 54.6 Å². The Morgan fingerprint density at radius 2 is 1.69 bits per heavy atom. The Bertz CT molecular complexity index is 906. The first-order valence-electron chi connectivity index (χ1n) is 10.4. The number of hydrogen-bond acceptors (Lipinski definition) is 5. The lowest BCUT2D eigenvalue weighted by molar-refractivity contribution is -0.138. The minimum atomic E-state index is -1.11. The van der Waals surface area contributed by atoms with E-state index in [1.807, 2.05) is 56.5 Å². The van der Waals surface area contributed by atoms with Crippen molar-refractivity contribution in [1.29, 1.82) is 0 Å². The summed E-state index contributed by atoms with van der Waals surface area (Å²) in [4.78, 5) is 38.9. The zero-order chi connectivity index (χ0) is 23.5. The number of nitrogens with zero attached hydrogens (tertiary/aromatic N) is 1. The average molecular weight is 475 g/mol. The molecular formula is C24H30N2O4S2. The maximum absolute atomic E-state index is 13.2. The molecule has 0 aromatic heterocycles. The van der Waals surface area contributed by atoms with Crippen LogP contribution in [0.25, 0.3) is 11.1 Å². The summed E-state index contributed by atoms with van der Waals surface area (Å²) >= 11 is 2.98. The van der Waals surface area contributed by atoms with Gasteiger partial charge in [0.05, 0.1) is 0 Å². The van der Waals surface area contributed by atoms with Crippen LogP contribution in [0.1, 0.15) is 24.2 Å². The molecule has 1 atom stereocenters. The number of hydrogen-bond donors (Lipinski definition) is 2.